The van der Waals surface area contributed by atoms with Gasteiger partial charge in [-0.05, 0) is 38.0 Å². The Bertz CT molecular complexity index is 390. The summed E-state index contributed by atoms with van der Waals surface area (Å²) in [5.74, 6) is 1.17. The van der Waals surface area contributed by atoms with Crippen molar-refractivity contribution >= 4 is 17.4 Å². The van der Waals surface area contributed by atoms with Gasteiger partial charge in [-0.3, -0.25) is 0 Å². The van der Waals surface area contributed by atoms with Gasteiger partial charge >= 0.3 is 0 Å². The van der Waals surface area contributed by atoms with Gasteiger partial charge in [0.25, 0.3) is 0 Å². The van der Waals surface area contributed by atoms with E-state index in [1.165, 1.54) is 27.5 Å². The van der Waals surface area contributed by atoms with E-state index >= 15 is 0 Å². The zero-order chi connectivity index (χ0) is 11.7. The van der Waals surface area contributed by atoms with Crippen LogP contribution in [-0.4, -0.2) is 24.9 Å². The average Bonchev–Trinajstić information content (AvgIpc) is 2.26. The van der Waals surface area contributed by atoms with Crippen LogP contribution in [0.3, 0.4) is 0 Å². The van der Waals surface area contributed by atoms with Gasteiger partial charge in [-0.2, -0.15) is 0 Å². The van der Waals surface area contributed by atoms with E-state index in [9.17, 15) is 0 Å². The number of aryl methyl sites for hydroxylation is 2. The minimum Gasteiger partial charge on any atom is -0.366 e. The number of hydrogen-bond donors (Lipinski definition) is 1. The molecule has 0 spiro atoms. The summed E-state index contributed by atoms with van der Waals surface area (Å²) in [5.41, 5.74) is 9.92. The van der Waals surface area contributed by atoms with Crippen LogP contribution in [0.25, 0.3) is 0 Å². The average molecular weight is 236 g/mol. The summed E-state index contributed by atoms with van der Waals surface area (Å²) >= 11 is 1.97. The highest BCUT2D eigenvalue weighted by Gasteiger charge is 2.22. The van der Waals surface area contributed by atoms with Crippen LogP contribution in [0.4, 0.5) is 5.69 Å². The van der Waals surface area contributed by atoms with Gasteiger partial charge in [-0.1, -0.05) is 6.07 Å². The van der Waals surface area contributed by atoms with Gasteiger partial charge in [0.15, 0.2) is 0 Å². The second-order valence-electron chi connectivity index (χ2n) is 4.56. The van der Waals surface area contributed by atoms with Crippen molar-refractivity contribution in [3.8, 4) is 0 Å². The molecule has 16 heavy (non-hydrogen) atoms. The quantitative estimate of drug-likeness (QED) is 0.855. The standard InChI is InChI=1S/C13H20N2S/c1-9-6-10(2)13-12(7-9)16-5-4-15(13)11(3)8-14/h6-7,11H,4-5,8,14H2,1-3H3. The number of rotatable bonds is 2. The molecule has 1 aromatic carbocycles. The van der Waals surface area contributed by atoms with Crippen molar-refractivity contribution in [3.05, 3.63) is 23.3 Å². The number of anilines is 1. The van der Waals surface area contributed by atoms with Crippen LogP contribution in [0.2, 0.25) is 0 Å². The van der Waals surface area contributed by atoms with Gasteiger partial charge in [0.05, 0.1) is 5.69 Å². The smallest absolute Gasteiger partial charge is 0.0537 e. The van der Waals surface area contributed by atoms with Crippen LogP contribution in [0, 0.1) is 13.8 Å². The molecule has 0 amide bonds. The lowest BCUT2D eigenvalue weighted by molar-refractivity contribution is 0.649. The predicted molar refractivity (Wildman–Crippen MR) is 72.5 cm³/mol. The molecule has 2 N–H and O–H groups in total. The molecule has 0 radical (unpaired) electrons. The Morgan fingerprint density at radius 3 is 2.88 bits per heavy atom. The molecule has 1 aromatic rings. The van der Waals surface area contributed by atoms with Gasteiger partial charge in [0.1, 0.15) is 0 Å². The molecule has 0 aromatic heterocycles. The largest absolute Gasteiger partial charge is 0.366 e. The third-order valence-electron chi connectivity index (χ3n) is 3.16. The van der Waals surface area contributed by atoms with Gasteiger partial charge in [-0.25, -0.2) is 0 Å². The number of thioether (sulfide) groups is 1. The van der Waals surface area contributed by atoms with E-state index < -0.39 is 0 Å². The first-order valence-electron chi connectivity index (χ1n) is 5.84. The van der Waals surface area contributed by atoms with Gasteiger partial charge in [0.2, 0.25) is 0 Å². The topological polar surface area (TPSA) is 29.3 Å². The minimum atomic E-state index is 0.432. The van der Waals surface area contributed by atoms with Crippen molar-refractivity contribution in [1.82, 2.24) is 0 Å². The molecule has 2 rings (SSSR count). The maximum atomic E-state index is 5.79. The third kappa shape index (κ3) is 2.06. The van der Waals surface area contributed by atoms with Gasteiger partial charge in [-0.15, -0.1) is 11.8 Å². The van der Waals surface area contributed by atoms with Crippen molar-refractivity contribution in [2.24, 2.45) is 5.73 Å². The minimum absolute atomic E-state index is 0.432. The lowest BCUT2D eigenvalue weighted by atomic mass is 10.1. The molecule has 1 aliphatic rings. The molecule has 88 valence electrons. The fourth-order valence-corrected chi connectivity index (χ4v) is 3.52. The number of hydrogen-bond acceptors (Lipinski definition) is 3. The molecule has 0 saturated carbocycles. The first-order valence-corrected chi connectivity index (χ1v) is 6.82. The Kier molecular flexibility index (Phi) is 3.45. The Hall–Kier alpha value is -0.670. The summed E-state index contributed by atoms with van der Waals surface area (Å²) < 4.78 is 0. The number of benzene rings is 1. The Morgan fingerprint density at radius 1 is 1.44 bits per heavy atom. The predicted octanol–water partition coefficient (Wildman–Crippen LogP) is 2.56. The molecule has 3 heteroatoms. The van der Waals surface area contributed by atoms with Gasteiger partial charge in [0, 0.05) is 29.8 Å². The summed E-state index contributed by atoms with van der Waals surface area (Å²) in [6, 6.07) is 4.99. The summed E-state index contributed by atoms with van der Waals surface area (Å²) in [6.45, 7) is 8.41. The summed E-state index contributed by atoms with van der Waals surface area (Å²) in [6.07, 6.45) is 0. The maximum absolute atomic E-state index is 5.79. The van der Waals surface area contributed by atoms with Crippen LogP contribution in [0.15, 0.2) is 17.0 Å². The van der Waals surface area contributed by atoms with Crippen LogP contribution >= 0.6 is 11.8 Å². The highest BCUT2D eigenvalue weighted by molar-refractivity contribution is 7.99. The lowest BCUT2D eigenvalue weighted by Gasteiger charge is -2.36. The fraction of sp³-hybridized carbons (Fsp3) is 0.538. The lowest BCUT2D eigenvalue weighted by Crippen LogP contribution is -2.42. The molecule has 0 aliphatic carbocycles. The fourth-order valence-electron chi connectivity index (χ4n) is 2.33. The molecule has 1 heterocycles. The van der Waals surface area contributed by atoms with E-state index in [4.69, 9.17) is 5.73 Å². The normalized spacial score (nSPS) is 17.1. The first kappa shape index (κ1) is 11.8. The number of fused-ring (bicyclic) bond motifs is 1. The SMILES string of the molecule is Cc1cc(C)c2c(c1)SCCN2C(C)CN. The molecule has 1 unspecified atom stereocenters. The van der Waals surface area contributed by atoms with E-state index in [1.807, 2.05) is 11.8 Å². The zero-order valence-corrected chi connectivity index (χ0v) is 11.1. The molecule has 2 nitrogen and oxygen atoms in total. The highest BCUT2D eigenvalue weighted by Crippen LogP contribution is 2.38. The molecule has 1 atom stereocenters. The van der Waals surface area contributed by atoms with Crippen LogP contribution < -0.4 is 10.6 Å². The van der Waals surface area contributed by atoms with E-state index in [1.54, 1.807) is 0 Å². The number of nitrogens with two attached hydrogens (primary N) is 1. The summed E-state index contributed by atoms with van der Waals surface area (Å²) in [5, 5.41) is 0. The third-order valence-corrected chi connectivity index (χ3v) is 4.17. The van der Waals surface area contributed by atoms with Crippen molar-refractivity contribution in [3.63, 3.8) is 0 Å². The highest BCUT2D eigenvalue weighted by atomic mass is 32.2. The summed E-state index contributed by atoms with van der Waals surface area (Å²) in [7, 11) is 0. The second-order valence-corrected chi connectivity index (χ2v) is 5.69. The molecule has 0 bridgehead atoms. The van der Waals surface area contributed by atoms with E-state index in [0.717, 1.165) is 13.1 Å². The second kappa shape index (κ2) is 4.68. The van der Waals surface area contributed by atoms with Gasteiger partial charge < -0.3 is 10.6 Å². The van der Waals surface area contributed by atoms with E-state index in [0.29, 0.717) is 6.04 Å². The Morgan fingerprint density at radius 2 is 2.19 bits per heavy atom. The van der Waals surface area contributed by atoms with Crippen LogP contribution in [0.1, 0.15) is 18.1 Å². The van der Waals surface area contributed by atoms with Crippen molar-refractivity contribution in [1.29, 1.82) is 0 Å². The zero-order valence-electron chi connectivity index (χ0n) is 10.3. The van der Waals surface area contributed by atoms with Crippen molar-refractivity contribution in [2.45, 2.75) is 31.7 Å². The Balaban J connectivity index is 2.45. The monoisotopic (exact) mass is 236 g/mol. The van der Waals surface area contributed by atoms with Crippen LogP contribution in [0.5, 0.6) is 0 Å². The molecular weight excluding hydrogens is 216 g/mol. The maximum Gasteiger partial charge on any atom is 0.0537 e. The molecule has 0 fully saturated rings. The molecule has 0 saturated heterocycles. The van der Waals surface area contributed by atoms with Crippen LogP contribution in [-0.2, 0) is 0 Å². The summed E-state index contributed by atoms with van der Waals surface area (Å²) in [4.78, 5) is 3.88. The van der Waals surface area contributed by atoms with Crippen molar-refractivity contribution < 1.29 is 0 Å². The first-order chi connectivity index (χ1) is 7.63. The Labute approximate surface area is 102 Å². The number of nitrogens with zero attached hydrogens (tertiary/aromatic N) is 1. The van der Waals surface area contributed by atoms with E-state index in [2.05, 4.69) is 37.8 Å². The molecule has 1 aliphatic heterocycles. The van der Waals surface area contributed by atoms with Crippen molar-refractivity contribution in [2.75, 3.05) is 23.7 Å². The van der Waals surface area contributed by atoms with E-state index in [-0.39, 0.29) is 0 Å². The molecular formula is C13H20N2S.